The van der Waals surface area contributed by atoms with Crippen LogP contribution in [-0.4, -0.2) is 32.5 Å². The number of nitrogens with one attached hydrogen (secondary N) is 1. The number of hydrogen-bond acceptors (Lipinski definition) is 4. The zero-order valence-corrected chi connectivity index (χ0v) is 14.2. The molecule has 128 valence electrons. The molecule has 0 amide bonds. The van der Waals surface area contributed by atoms with Gasteiger partial charge in [0, 0.05) is 19.2 Å². The minimum Gasteiger partial charge on any atom is -0.493 e. The minimum absolute atomic E-state index is 0.229. The third kappa shape index (κ3) is 4.85. The van der Waals surface area contributed by atoms with Crippen molar-refractivity contribution in [3.63, 3.8) is 0 Å². The Bertz CT molecular complexity index is 480. The van der Waals surface area contributed by atoms with Crippen LogP contribution in [0.5, 0.6) is 11.5 Å². The molecule has 1 aromatic carbocycles. The van der Waals surface area contributed by atoms with Crippen molar-refractivity contribution in [3.05, 3.63) is 23.8 Å². The number of hydrogen-bond donors (Lipinski definition) is 1. The average Bonchev–Trinajstić information content (AvgIpc) is 3.13. The third-order valence-electron chi connectivity index (χ3n) is 4.88. The van der Waals surface area contributed by atoms with E-state index in [0.717, 1.165) is 37.5 Å². The van der Waals surface area contributed by atoms with E-state index in [-0.39, 0.29) is 6.10 Å². The highest BCUT2D eigenvalue weighted by Crippen LogP contribution is 2.29. The summed E-state index contributed by atoms with van der Waals surface area (Å²) >= 11 is 0. The topological polar surface area (TPSA) is 39.7 Å². The number of methoxy groups -OCH3 is 1. The summed E-state index contributed by atoms with van der Waals surface area (Å²) < 4.78 is 17.0. The normalized spacial score (nSPS) is 22.2. The van der Waals surface area contributed by atoms with Crippen LogP contribution in [0, 0.1) is 0 Å². The maximum Gasteiger partial charge on any atom is 0.161 e. The summed E-state index contributed by atoms with van der Waals surface area (Å²) in [6, 6.07) is 6.90. The minimum atomic E-state index is 0.229. The van der Waals surface area contributed by atoms with Gasteiger partial charge in [-0.15, -0.1) is 0 Å². The Hall–Kier alpha value is -1.26. The summed E-state index contributed by atoms with van der Waals surface area (Å²) in [4.78, 5) is 0. The van der Waals surface area contributed by atoms with Gasteiger partial charge in [0.15, 0.2) is 11.5 Å². The lowest BCUT2D eigenvalue weighted by atomic mass is 9.95. The van der Waals surface area contributed by atoms with Crippen molar-refractivity contribution in [1.29, 1.82) is 0 Å². The molecule has 1 aromatic rings. The van der Waals surface area contributed by atoms with Crippen LogP contribution in [0.1, 0.15) is 50.5 Å². The molecule has 1 unspecified atom stereocenters. The van der Waals surface area contributed by atoms with E-state index in [1.165, 1.54) is 37.7 Å². The fraction of sp³-hybridized carbons (Fsp3) is 0.684. The van der Waals surface area contributed by atoms with E-state index in [9.17, 15) is 0 Å². The molecule has 1 heterocycles. The fourth-order valence-corrected chi connectivity index (χ4v) is 3.47. The van der Waals surface area contributed by atoms with Crippen LogP contribution < -0.4 is 14.8 Å². The second-order valence-electron chi connectivity index (χ2n) is 6.65. The summed E-state index contributed by atoms with van der Waals surface area (Å²) in [6.45, 7) is 2.36. The van der Waals surface area contributed by atoms with Gasteiger partial charge in [-0.05, 0) is 43.4 Å². The van der Waals surface area contributed by atoms with Gasteiger partial charge in [-0.25, -0.2) is 0 Å². The molecule has 2 aliphatic rings. The molecule has 1 aliphatic heterocycles. The van der Waals surface area contributed by atoms with Crippen molar-refractivity contribution in [2.24, 2.45) is 0 Å². The van der Waals surface area contributed by atoms with E-state index in [4.69, 9.17) is 14.2 Å². The summed E-state index contributed by atoms with van der Waals surface area (Å²) in [7, 11) is 1.70. The van der Waals surface area contributed by atoms with Gasteiger partial charge < -0.3 is 19.5 Å². The first-order valence-corrected chi connectivity index (χ1v) is 9.00. The van der Waals surface area contributed by atoms with Gasteiger partial charge >= 0.3 is 0 Å². The van der Waals surface area contributed by atoms with Crippen LogP contribution in [0.3, 0.4) is 0 Å². The Morgan fingerprint density at radius 2 is 1.96 bits per heavy atom. The number of benzene rings is 1. The van der Waals surface area contributed by atoms with Crippen molar-refractivity contribution < 1.29 is 14.2 Å². The Morgan fingerprint density at radius 1 is 1.09 bits per heavy atom. The van der Waals surface area contributed by atoms with E-state index in [2.05, 4.69) is 17.4 Å². The van der Waals surface area contributed by atoms with Crippen molar-refractivity contribution in [2.45, 2.75) is 63.6 Å². The highest BCUT2D eigenvalue weighted by atomic mass is 16.5. The molecule has 0 bridgehead atoms. The predicted molar refractivity (Wildman–Crippen MR) is 91.2 cm³/mol. The molecule has 4 nitrogen and oxygen atoms in total. The summed E-state index contributed by atoms with van der Waals surface area (Å²) in [5.74, 6) is 1.62. The zero-order valence-electron chi connectivity index (χ0n) is 14.2. The lowest BCUT2D eigenvalue weighted by Crippen LogP contribution is -2.30. The predicted octanol–water partition coefficient (Wildman–Crippen LogP) is 3.68. The molecule has 1 saturated heterocycles. The quantitative estimate of drug-likeness (QED) is 0.832. The Morgan fingerprint density at radius 3 is 2.70 bits per heavy atom. The molecular formula is C19H29NO3. The van der Waals surface area contributed by atoms with Crippen LogP contribution in [0.25, 0.3) is 0 Å². The Balaban J connectivity index is 1.52. The summed E-state index contributed by atoms with van der Waals surface area (Å²) in [6.07, 6.45) is 9.17. The molecule has 0 aromatic heterocycles. The second-order valence-corrected chi connectivity index (χ2v) is 6.65. The highest BCUT2D eigenvalue weighted by Gasteiger charge is 2.17. The zero-order chi connectivity index (χ0) is 15.9. The second kappa shape index (κ2) is 8.55. The van der Waals surface area contributed by atoms with Gasteiger partial charge in [0.2, 0.25) is 0 Å². The first kappa shape index (κ1) is 16.6. The van der Waals surface area contributed by atoms with Crippen LogP contribution >= 0.6 is 0 Å². The van der Waals surface area contributed by atoms with Gasteiger partial charge in [-0.2, -0.15) is 0 Å². The van der Waals surface area contributed by atoms with Gasteiger partial charge in [-0.1, -0.05) is 25.3 Å². The van der Waals surface area contributed by atoms with E-state index in [1.807, 2.05) is 6.07 Å². The first-order chi connectivity index (χ1) is 11.3. The van der Waals surface area contributed by atoms with Crippen molar-refractivity contribution >= 4 is 0 Å². The molecule has 0 spiro atoms. The Kier molecular flexibility index (Phi) is 6.17. The van der Waals surface area contributed by atoms with Crippen LogP contribution in [0.15, 0.2) is 18.2 Å². The molecule has 4 heteroatoms. The van der Waals surface area contributed by atoms with Crippen LogP contribution in [0.4, 0.5) is 0 Å². The number of ether oxygens (including phenoxy) is 3. The molecular weight excluding hydrogens is 290 g/mol. The molecule has 1 atom stereocenters. The van der Waals surface area contributed by atoms with E-state index >= 15 is 0 Å². The van der Waals surface area contributed by atoms with Crippen molar-refractivity contribution in [3.8, 4) is 11.5 Å². The number of rotatable bonds is 7. The summed E-state index contributed by atoms with van der Waals surface area (Å²) in [5, 5.41) is 3.67. The summed E-state index contributed by atoms with van der Waals surface area (Å²) in [5.41, 5.74) is 1.25. The molecule has 2 fully saturated rings. The van der Waals surface area contributed by atoms with Crippen molar-refractivity contribution in [1.82, 2.24) is 5.32 Å². The van der Waals surface area contributed by atoms with Gasteiger partial charge in [0.05, 0.1) is 13.2 Å². The molecule has 23 heavy (non-hydrogen) atoms. The molecule has 1 aliphatic carbocycles. The maximum atomic E-state index is 5.89. The van der Waals surface area contributed by atoms with E-state index < -0.39 is 0 Å². The SMILES string of the molecule is COc1cc(CNC2CCCCC2)ccc1OCC1CCCO1. The molecule has 1 saturated carbocycles. The Labute approximate surface area is 139 Å². The standard InChI is InChI=1S/C19H29NO3/c1-21-19-12-15(13-20-16-6-3-2-4-7-16)9-10-18(19)23-14-17-8-5-11-22-17/h9-10,12,16-17,20H,2-8,11,13-14H2,1H3. The van der Waals surface area contributed by atoms with E-state index in [1.54, 1.807) is 7.11 Å². The first-order valence-electron chi connectivity index (χ1n) is 9.00. The molecule has 0 radical (unpaired) electrons. The lowest BCUT2D eigenvalue weighted by Gasteiger charge is -2.23. The van der Waals surface area contributed by atoms with Gasteiger partial charge in [0.25, 0.3) is 0 Å². The van der Waals surface area contributed by atoms with E-state index in [0.29, 0.717) is 12.6 Å². The maximum absolute atomic E-state index is 5.89. The van der Waals surface area contributed by atoms with Crippen LogP contribution in [0.2, 0.25) is 0 Å². The average molecular weight is 319 g/mol. The highest BCUT2D eigenvalue weighted by molar-refractivity contribution is 5.43. The van der Waals surface area contributed by atoms with Gasteiger partial charge in [0.1, 0.15) is 6.61 Å². The lowest BCUT2D eigenvalue weighted by molar-refractivity contribution is 0.0669. The molecule has 3 rings (SSSR count). The fourth-order valence-electron chi connectivity index (χ4n) is 3.47. The van der Waals surface area contributed by atoms with Gasteiger partial charge in [-0.3, -0.25) is 0 Å². The monoisotopic (exact) mass is 319 g/mol. The van der Waals surface area contributed by atoms with Crippen molar-refractivity contribution in [2.75, 3.05) is 20.3 Å². The van der Waals surface area contributed by atoms with Crippen LogP contribution in [-0.2, 0) is 11.3 Å². The molecule has 1 N–H and O–H groups in total. The third-order valence-corrected chi connectivity index (χ3v) is 4.88. The largest absolute Gasteiger partial charge is 0.493 e. The smallest absolute Gasteiger partial charge is 0.161 e.